The second kappa shape index (κ2) is 5.53. The largest absolute Gasteiger partial charge is 0.494 e. The summed E-state index contributed by atoms with van der Waals surface area (Å²) in [6.45, 7) is 7.15. The molecule has 0 aromatic heterocycles. The van der Waals surface area contributed by atoms with Crippen LogP contribution in [-0.2, 0) is 0 Å². The van der Waals surface area contributed by atoms with Crippen LogP contribution in [0.15, 0.2) is 24.3 Å². The van der Waals surface area contributed by atoms with E-state index >= 15 is 0 Å². The van der Waals surface area contributed by atoms with Crippen molar-refractivity contribution in [2.24, 2.45) is 0 Å². The molecule has 0 spiro atoms. The third-order valence-corrected chi connectivity index (χ3v) is 1.78. The van der Waals surface area contributed by atoms with Crippen molar-refractivity contribution in [2.75, 3.05) is 11.9 Å². The molecule has 0 atom stereocenters. The number of ether oxygens (including phenoxy) is 1. The van der Waals surface area contributed by atoms with E-state index in [9.17, 15) is 0 Å². The zero-order valence-corrected chi connectivity index (χ0v) is 9.21. The smallest absolute Gasteiger partial charge is 0.119 e. The molecule has 0 saturated carbocycles. The minimum Gasteiger partial charge on any atom is -0.494 e. The van der Waals surface area contributed by atoms with Crippen molar-refractivity contribution >= 4 is 5.69 Å². The number of hydrogen-bond acceptors (Lipinski definition) is 2. The van der Waals surface area contributed by atoms with Gasteiger partial charge in [-0.05, 0) is 44.5 Å². The molecule has 0 heterocycles. The zero-order valence-electron chi connectivity index (χ0n) is 9.21. The molecule has 0 aliphatic heterocycles. The summed E-state index contributed by atoms with van der Waals surface area (Å²) >= 11 is 0. The van der Waals surface area contributed by atoms with Gasteiger partial charge in [-0.3, -0.25) is 0 Å². The summed E-state index contributed by atoms with van der Waals surface area (Å²) in [6.07, 6.45) is 1.05. The molecule has 1 rings (SSSR count). The number of rotatable bonds is 5. The van der Waals surface area contributed by atoms with Crippen LogP contribution in [0.2, 0.25) is 0 Å². The Morgan fingerprint density at radius 2 is 1.86 bits per heavy atom. The Balaban J connectivity index is 2.50. The average Bonchev–Trinajstić information content (AvgIpc) is 2.16. The Morgan fingerprint density at radius 3 is 2.36 bits per heavy atom. The van der Waals surface area contributed by atoms with Gasteiger partial charge < -0.3 is 10.1 Å². The van der Waals surface area contributed by atoms with Crippen LogP contribution in [0, 0.1) is 0 Å². The molecule has 0 saturated heterocycles. The lowest BCUT2D eigenvalue weighted by atomic mass is 10.2. The average molecular weight is 193 g/mol. The van der Waals surface area contributed by atoms with E-state index in [1.165, 1.54) is 0 Å². The minimum absolute atomic E-state index is 0.470. The molecule has 1 aromatic rings. The molecular weight excluding hydrogens is 174 g/mol. The third kappa shape index (κ3) is 3.69. The maximum atomic E-state index is 5.49. The highest BCUT2D eigenvalue weighted by Gasteiger charge is 1.96. The van der Waals surface area contributed by atoms with Gasteiger partial charge in [0.2, 0.25) is 0 Å². The standard InChI is InChI=1S/C12H19NO/c1-4-9-14-12-7-5-11(6-8-12)13-10(2)3/h5-8,10,13H,4,9H2,1-3H3. The predicted molar refractivity (Wildman–Crippen MR) is 61.0 cm³/mol. The molecule has 78 valence electrons. The van der Waals surface area contributed by atoms with Crippen LogP contribution in [0.1, 0.15) is 27.2 Å². The lowest BCUT2D eigenvalue weighted by Crippen LogP contribution is -2.09. The summed E-state index contributed by atoms with van der Waals surface area (Å²) in [5.74, 6) is 0.946. The molecule has 0 bridgehead atoms. The van der Waals surface area contributed by atoms with E-state index in [1.54, 1.807) is 0 Å². The summed E-state index contributed by atoms with van der Waals surface area (Å²) in [5.41, 5.74) is 1.14. The molecule has 1 N–H and O–H groups in total. The molecule has 1 aromatic carbocycles. The summed E-state index contributed by atoms with van der Waals surface area (Å²) in [6, 6.07) is 8.56. The van der Waals surface area contributed by atoms with Gasteiger partial charge in [-0.1, -0.05) is 6.92 Å². The van der Waals surface area contributed by atoms with Gasteiger partial charge in [0.1, 0.15) is 5.75 Å². The van der Waals surface area contributed by atoms with E-state index in [-0.39, 0.29) is 0 Å². The first-order valence-corrected chi connectivity index (χ1v) is 5.21. The molecule has 0 radical (unpaired) electrons. The fraction of sp³-hybridized carbons (Fsp3) is 0.500. The molecule has 0 aliphatic carbocycles. The fourth-order valence-corrected chi connectivity index (χ4v) is 1.20. The van der Waals surface area contributed by atoms with Gasteiger partial charge in [0, 0.05) is 11.7 Å². The van der Waals surface area contributed by atoms with Crippen molar-refractivity contribution < 1.29 is 4.74 Å². The number of benzene rings is 1. The van der Waals surface area contributed by atoms with Gasteiger partial charge in [-0.15, -0.1) is 0 Å². The first-order valence-electron chi connectivity index (χ1n) is 5.21. The van der Waals surface area contributed by atoms with Crippen molar-refractivity contribution in [1.82, 2.24) is 0 Å². The monoisotopic (exact) mass is 193 g/mol. The van der Waals surface area contributed by atoms with Crippen LogP contribution >= 0.6 is 0 Å². The van der Waals surface area contributed by atoms with E-state index in [1.807, 2.05) is 24.3 Å². The number of nitrogens with one attached hydrogen (secondary N) is 1. The highest BCUT2D eigenvalue weighted by Crippen LogP contribution is 2.16. The van der Waals surface area contributed by atoms with Crippen LogP contribution in [0.5, 0.6) is 5.75 Å². The quantitative estimate of drug-likeness (QED) is 0.774. The second-order valence-corrected chi connectivity index (χ2v) is 3.67. The zero-order chi connectivity index (χ0) is 10.4. The summed E-state index contributed by atoms with van der Waals surface area (Å²) in [5, 5.41) is 3.33. The first-order chi connectivity index (χ1) is 6.72. The van der Waals surface area contributed by atoms with Crippen LogP contribution in [0.4, 0.5) is 5.69 Å². The lowest BCUT2D eigenvalue weighted by molar-refractivity contribution is 0.317. The molecule has 0 fully saturated rings. The maximum Gasteiger partial charge on any atom is 0.119 e. The molecule has 2 nitrogen and oxygen atoms in total. The number of hydrogen-bond donors (Lipinski definition) is 1. The van der Waals surface area contributed by atoms with Crippen LogP contribution in [0.3, 0.4) is 0 Å². The Bertz CT molecular complexity index is 254. The van der Waals surface area contributed by atoms with Crippen molar-refractivity contribution in [2.45, 2.75) is 33.2 Å². The highest BCUT2D eigenvalue weighted by atomic mass is 16.5. The first kappa shape index (κ1) is 10.9. The van der Waals surface area contributed by atoms with Crippen molar-refractivity contribution in [3.8, 4) is 5.75 Å². The lowest BCUT2D eigenvalue weighted by Gasteiger charge is -2.10. The molecule has 2 heteroatoms. The van der Waals surface area contributed by atoms with Gasteiger partial charge in [0.05, 0.1) is 6.61 Å². The Morgan fingerprint density at radius 1 is 1.21 bits per heavy atom. The number of anilines is 1. The molecule has 0 amide bonds. The van der Waals surface area contributed by atoms with Crippen LogP contribution < -0.4 is 10.1 Å². The van der Waals surface area contributed by atoms with E-state index in [4.69, 9.17) is 4.74 Å². The van der Waals surface area contributed by atoms with E-state index < -0.39 is 0 Å². The van der Waals surface area contributed by atoms with Gasteiger partial charge in [-0.25, -0.2) is 0 Å². The summed E-state index contributed by atoms with van der Waals surface area (Å²) in [4.78, 5) is 0. The molecule has 14 heavy (non-hydrogen) atoms. The Labute approximate surface area is 86.3 Å². The van der Waals surface area contributed by atoms with Gasteiger partial charge in [-0.2, -0.15) is 0 Å². The SMILES string of the molecule is CCCOc1ccc(NC(C)C)cc1. The molecule has 0 unspecified atom stereocenters. The van der Waals surface area contributed by atoms with E-state index in [0.29, 0.717) is 6.04 Å². The maximum absolute atomic E-state index is 5.49. The van der Waals surface area contributed by atoms with Gasteiger partial charge in [0.25, 0.3) is 0 Å². The van der Waals surface area contributed by atoms with Crippen molar-refractivity contribution in [1.29, 1.82) is 0 Å². The van der Waals surface area contributed by atoms with Crippen LogP contribution in [0.25, 0.3) is 0 Å². The predicted octanol–water partition coefficient (Wildman–Crippen LogP) is 3.30. The van der Waals surface area contributed by atoms with Crippen molar-refractivity contribution in [3.63, 3.8) is 0 Å². The summed E-state index contributed by atoms with van der Waals surface area (Å²) in [7, 11) is 0. The van der Waals surface area contributed by atoms with Gasteiger partial charge in [0.15, 0.2) is 0 Å². The second-order valence-electron chi connectivity index (χ2n) is 3.67. The molecule has 0 aliphatic rings. The normalized spacial score (nSPS) is 10.3. The third-order valence-electron chi connectivity index (χ3n) is 1.78. The minimum atomic E-state index is 0.470. The van der Waals surface area contributed by atoms with E-state index in [0.717, 1.165) is 24.5 Å². The Hall–Kier alpha value is -1.18. The topological polar surface area (TPSA) is 21.3 Å². The van der Waals surface area contributed by atoms with Crippen LogP contribution in [-0.4, -0.2) is 12.6 Å². The van der Waals surface area contributed by atoms with E-state index in [2.05, 4.69) is 26.1 Å². The fourth-order valence-electron chi connectivity index (χ4n) is 1.20. The van der Waals surface area contributed by atoms with Crippen molar-refractivity contribution in [3.05, 3.63) is 24.3 Å². The Kier molecular flexibility index (Phi) is 4.30. The highest BCUT2D eigenvalue weighted by molar-refractivity contribution is 5.46. The van der Waals surface area contributed by atoms with Gasteiger partial charge >= 0.3 is 0 Å². The molecular formula is C12H19NO. The summed E-state index contributed by atoms with van der Waals surface area (Å²) < 4.78 is 5.49.